The van der Waals surface area contributed by atoms with Gasteiger partial charge in [-0.25, -0.2) is 0 Å². The number of para-hydroxylation sites is 1. The van der Waals surface area contributed by atoms with Crippen LogP contribution >= 0.6 is 0 Å². The minimum Gasteiger partial charge on any atom is -0.494 e. The summed E-state index contributed by atoms with van der Waals surface area (Å²) < 4.78 is 10.4. The monoisotopic (exact) mass is 265 g/mol. The van der Waals surface area contributed by atoms with Crippen LogP contribution in [-0.4, -0.2) is 26.2 Å². The summed E-state index contributed by atoms with van der Waals surface area (Å²) in [6, 6.07) is 7.78. The zero-order valence-electron chi connectivity index (χ0n) is 12.2. The van der Waals surface area contributed by atoms with Crippen LogP contribution in [0.3, 0.4) is 0 Å². The minimum absolute atomic E-state index is 0.241. The maximum absolute atomic E-state index is 11.6. The molecule has 1 unspecified atom stereocenters. The second kappa shape index (κ2) is 7.14. The predicted octanol–water partition coefficient (Wildman–Crippen LogP) is 2.47. The van der Waals surface area contributed by atoms with E-state index in [2.05, 4.69) is 5.32 Å². The zero-order valence-corrected chi connectivity index (χ0v) is 12.2. The van der Waals surface area contributed by atoms with Crippen molar-refractivity contribution in [2.24, 2.45) is 0 Å². The first kappa shape index (κ1) is 15.5. The van der Waals surface area contributed by atoms with Crippen LogP contribution in [0.25, 0.3) is 0 Å². The maximum Gasteiger partial charge on any atom is 0.307 e. The number of esters is 1. The first-order valence-electron chi connectivity index (χ1n) is 6.61. The van der Waals surface area contributed by atoms with Crippen LogP contribution in [-0.2, 0) is 15.1 Å². The standard InChI is InChI=1S/C15H23NO3/c1-5-16-15(3,11-14(17)18-4)12-9-7-8-10-13(12)19-6-2/h7-10,16H,5-6,11H2,1-4H3. The van der Waals surface area contributed by atoms with Crippen LogP contribution in [0.2, 0.25) is 0 Å². The molecular formula is C15H23NO3. The van der Waals surface area contributed by atoms with Gasteiger partial charge in [0.1, 0.15) is 5.75 Å². The highest BCUT2D eigenvalue weighted by molar-refractivity contribution is 5.71. The molecule has 106 valence electrons. The van der Waals surface area contributed by atoms with Gasteiger partial charge in [-0.3, -0.25) is 4.79 Å². The molecule has 1 rings (SSSR count). The van der Waals surface area contributed by atoms with E-state index >= 15 is 0 Å². The van der Waals surface area contributed by atoms with Crippen molar-refractivity contribution in [2.45, 2.75) is 32.7 Å². The zero-order chi connectivity index (χ0) is 14.3. The number of methoxy groups -OCH3 is 1. The van der Waals surface area contributed by atoms with E-state index in [0.717, 1.165) is 17.9 Å². The molecule has 0 saturated heterocycles. The second-order valence-corrected chi connectivity index (χ2v) is 4.54. The number of hydrogen-bond donors (Lipinski definition) is 1. The summed E-state index contributed by atoms with van der Waals surface area (Å²) in [5.41, 5.74) is 0.484. The van der Waals surface area contributed by atoms with Gasteiger partial charge >= 0.3 is 5.97 Å². The number of nitrogens with one attached hydrogen (secondary N) is 1. The molecule has 0 heterocycles. The Morgan fingerprint density at radius 1 is 1.32 bits per heavy atom. The van der Waals surface area contributed by atoms with Crippen LogP contribution in [0.15, 0.2) is 24.3 Å². The van der Waals surface area contributed by atoms with Gasteiger partial charge < -0.3 is 14.8 Å². The quantitative estimate of drug-likeness (QED) is 0.769. The fourth-order valence-electron chi connectivity index (χ4n) is 2.21. The van der Waals surface area contributed by atoms with Gasteiger partial charge in [-0.15, -0.1) is 0 Å². The van der Waals surface area contributed by atoms with Gasteiger partial charge in [0.25, 0.3) is 0 Å². The molecule has 1 N–H and O–H groups in total. The van der Waals surface area contributed by atoms with E-state index in [4.69, 9.17) is 9.47 Å². The highest BCUT2D eigenvalue weighted by Crippen LogP contribution is 2.32. The first-order valence-corrected chi connectivity index (χ1v) is 6.61. The SMILES string of the molecule is CCNC(C)(CC(=O)OC)c1ccccc1OCC. The fourth-order valence-corrected chi connectivity index (χ4v) is 2.21. The topological polar surface area (TPSA) is 47.6 Å². The van der Waals surface area contributed by atoms with Crippen LogP contribution in [0.1, 0.15) is 32.8 Å². The van der Waals surface area contributed by atoms with Gasteiger partial charge in [0.2, 0.25) is 0 Å². The lowest BCUT2D eigenvalue weighted by Gasteiger charge is -2.31. The van der Waals surface area contributed by atoms with Crippen LogP contribution in [0.5, 0.6) is 5.75 Å². The Balaban J connectivity index is 3.13. The lowest BCUT2D eigenvalue weighted by molar-refractivity contribution is -0.142. The molecule has 0 spiro atoms. The van der Waals surface area contributed by atoms with E-state index in [0.29, 0.717) is 6.61 Å². The fraction of sp³-hybridized carbons (Fsp3) is 0.533. The van der Waals surface area contributed by atoms with Gasteiger partial charge in [0.15, 0.2) is 0 Å². The molecule has 4 heteroatoms. The Morgan fingerprint density at radius 3 is 2.58 bits per heavy atom. The van der Waals surface area contributed by atoms with Crippen LogP contribution < -0.4 is 10.1 Å². The molecule has 19 heavy (non-hydrogen) atoms. The summed E-state index contributed by atoms with van der Waals surface area (Å²) in [7, 11) is 1.41. The van der Waals surface area contributed by atoms with E-state index in [1.807, 2.05) is 45.0 Å². The van der Waals surface area contributed by atoms with Gasteiger partial charge in [0.05, 0.1) is 25.7 Å². The summed E-state index contributed by atoms with van der Waals surface area (Å²) in [6.45, 7) is 7.30. The normalized spacial score (nSPS) is 13.7. The molecule has 0 fully saturated rings. The van der Waals surface area contributed by atoms with Crippen LogP contribution in [0.4, 0.5) is 0 Å². The molecule has 1 atom stereocenters. The summed E-state index contributed by atoms with van der Waals surface area (Å²) in [5.74, 6) is 0.562. The van der Waals surface area contributed by atoms with Crippen molar-refractivity contribution < 1.29 is 14.3 Å². The highest BCUT2D eigenvalue weighted by atomic mass is 16.5. The van der Waals surface area contributed by atoms with Crippen molar-refractivity contribution >= 4 is 5.97 Å². The van der Waals surface area contributed by atoms with Crippen molar-refractivity contribution in [3.05, 3.63) is 29.8 Å². The minimum atomic E-state index is -0.492. The van der Waals surface area contributed by atoms with E-state index < -0.39 is 5.54 Å². The third-order valence-electron chi connectivity index (χ3n) is 3.07. The van der Waals surface area contributed by atoms with Crippen molar-refractivity contribution in [1.29, 1.82) is 0 Å². The summed E-state index contributed by atoms with van der Waals surface area (Å²) in [4.78, 5) is 11.6. The Morgan fingerprint density at radius 2 is 2.00 bits per heavy atom. The van der Waals surface area contributed by atoms with Gasteiger partial charge in [0, 0.05) is 5.56 Å². The number of carbonyl (C=O) groups is 1. The summed E-state index contributed by atoms with van der Waals surface area (Å²) >= 11 is 0. The molecule has 0 bridgehead atoms. The molecule has 0 aliphatic heterocycles. The van der Waals surface area contributed by atoms with Gasteiger partial charge in [-0.05, 0) is 26.5 Å². The second-order valence-electron chi connectivity index (χ2n) is 4.54. The molecule has 0 saturated carbocycles. The maximum atomic E-state index is 11.6. The lowest BCUT2D eigenvalue weighted by Crippen LogP contribution is -2.42. The largest absolute Gasteiger partial charge is 0.494 e. The summed E-state index contributed by atoms with van der Waals surface area (Å²) in [6.07, 6.45) is 0.265. The van der Waals surface area contributed by atoms with Crippen molar-refractivity contribution in [3.8, 4) is 5.75 Å². The van der Waals surface area contributed by atoms with Gasteiger partial charge in [-0.2, -0.15) is 0 Å². The number of benzene rings is 1. The smallest absolute Gasteiger partial charge is 0.307 e. The molecule has 1 aromatic carbocycles. The van der Waals surface area contributed by atoms with E-state index in [9.17, 15) is 4.79 Å². The Bertz CT molecular complexity index is 420. The van der Waals surface area contributed by atoms with Crippen LogP contribution in [0, 0.1) is 0 Å². The molecule has 1 aromatic rings. The third-order valence-corrected chi connectivity index (χ3v) is 3.07. The molecule has 4 nitrogen and oxygen atoms in total. The predicted molar refractivity (Wildman–Crippen MR) is 75.3 cm³/mol. The molecule has 0 aromatic heterocycles. The van der Waals surface area contributed by atoms with E-state index in [-0.39, 0.29) is 12.4 Å². The first-order chi connectivity index (χ1) is 9.07. The number of rotatable bonds is 7. The Labute approximate surface area is 115 Å². The number of ether oxygens (including phenoxy) is 2. The molecule has 0 aliphatic rings. The molecular weight excluding hydrogens is 242 g/mol. The lowest BCUT2D eigenvalue weighted by atomic mass is 9.87. The van der Waals surface area contributed by atoms with E-state index in [1.54, 1.807) is 0 Å². The highest BCUT2D eigenvalue weighted by Gasteiger charge is 2.31. The third kappa shape index (κ3) is 3.96. The number of hydrogen-bond acceptors (Lipinski definition) is 4. The summed E-state index contributed by atoms with van der Waals surface area (Å²) in [5, 5.41) is 3.36. The van der Waals surface area contributed by atoms with Crippen molar-refractivity contribution in [1.82, 2.24) is 5.32 Å². The molecule has 0 radical (unpaired) electrons. The van der Waals surface area contributed by atoms with Crippen molar-refractivity contribution in [2.75, 3.05) is 20.3 Å². The Hall–Kier alpha value is -1.55. The molecule has 0 aliphatic carbocycles. The average Bonchev–Trinajstić information content (AvgIpc) is 2.39. The van der Waals surface area contributed by atoms with Gasteiger partial charge in [-0.1, -0.05) is 25.1 Å². The molecule has 0 amide bonds. The Kier molecular flexibility index (Phi) is 5.83. The average molecular weight is 265 g/mol. The number of carbonyl (C=O) groups excluding carboxylic acids is 1. The van der Waals surface area contributed by atoms with Crippen molar-refractivity contribution in [3.63, 3.8) is 0 Å². The van der Waals surface area contributed by atoms with E-state index in [1.165, 1.54) is 7.11 Å².